The number of nitrogens with one attached hydrogen (secondary N) is 1. The number of anilines is 1. The first kappa shape index (κ1) is 14.5. The third-order valence-electron chi connectivity index (χ3n) is 3.25. The highest BCUT2D eigenvalue weighted by Crippen LogP contribution is 2.18. The van der Waals surface area contributed by atoms with Gasteiger partial charge in [-0.1, -0.05) is 0 Å². The van der Waals surface area contributed by atoms with Crippen LogP contribution in [0.5, 0.6) is 5.88 Å². The maximum absolute atomic E-state index is 11.8. The first-order chi connectivity index (χ1) is 9.72. The summed E-state index contributed by atoms with van der Waals surface area (Å²) in [4.78, 5) is 21.9. The molecule has 1 aromatic rings. The third kappa shape index (κ3) is 3.80. The number of hydrogen-bond acceptors (Lipinski definition) is 6. The summed E-state index contributed by atoms with van der Waals surface area (Å²) in [6.45, 7) is 2.65. The summed E-state index contributed by atoms with van der Waals surface area (Å²) in [5.41, 5.74) is 0. The second kappa shape index (κ2) is 7.04. The molecule has 0 bridgehead atoms. The summed E-state index contributed by atoms with van der Waals surface area (Å²) in [7, 11) is 3.20. The molecule has 1 N–H and O–H groups in total. The number of nitrogens with zero attached hydrogens (tertiary/aromatic N) is 3. The summed E-state index contributed by atoms with van der Waals surface area (Å²) in [6, 6.07) is 1.69. The predicted molar refractivity (Wildman–Crippen MR) is 73.6 cm³/mol. The summed E-state index contributed by atoms with van der Waals surface area (Å²) in [5, 5.41) is 3.15. The largest absolute Gasteiger partial charge is 0.481 e. The summed E-state index contributed by atoms with van der Waals surface area (Å²) in [6.07, 6.45) is 2.19. The number of carbonyl (C=O) groups is 1. The lowest BCUT2D eigenvalue weighted by Gasteiger charge is -2.16. The molecule has 1 aliphatic rings. The van der Waals surface area contributed by atoms with Crippen molar-refractivity contribution >= 4 is 11.9 Å². The third-order valence-corrected chi connectivity index (χ3v) is 3.25. The van der Waals surface area contributed by atoms with Gasteiger partial charge < -0.3 is 19.7 Å². The van der Waals surface area contributed by atoms with E-state index in [4.69, 9.17) is 9.47 Å². The molecule has 1 saturated heterocycles. The van der Waals surface area contributed by atoms with E-state index in [1.165, 1.54) is 0 Å². The molecule has 1 fully saturated rings. The van der Waals surface area contributed by atoms with Gasteiger partial charge in [-0.25, -0.2) is 4.98 Å². The fourth-order valence-electron chi connectivity index (χ4n) is 2.18. The number of aromatic nitrogens is 2. The number of amides is 1. The Kier molecular flexibility index (Phi) is 5.11. The van der Waals surface area contributed by atoms with E-state index in [-0.39, 0.29) is 11.8 Å². The van der Waals surface area contributed by atoms with Crippen LogP contribution in [0.4, 0.5) is 5.95 Å². The molecular formula is C13H20N4O3. The van der Waals surface area contributed by atoms with Crippen LogP contribution in [0.3, 0.4) is 0 Å². The van der Waals surface area contributed by atoms with Gasteiger partial charge in [-0.3, -0.25) is 4.79 Å². The van der Waals surface area contributed by atoms with Crippen molar-refractivity contribution in [2.45, 2.75) is 6.42 Å². The molecular weight excluding hydrogens is 260 g/mol. The SMILES string of the molecule is COCCN1C[C@H](CNc2nccc(OC)n2)CC1=O. The average molecular weight is 280 g/mol. The number of ether oxygens (including phenoxy) is 2. The lowest BCUT2D eigenvalue weighted by Crippen LogP contribution is -2.29. The highest BCUT2D eigenvalue weighted by atomic mass is 16.5. The van der Waals surface area contributed by atoms with Crippen molar-refractivity contribution in [3.63, 3.8) is 0 Å². The van der Waals surface area contributed by atoms with Crippen LogP contribution in [0.2, 0.25) is 0 Å². The normalized spacial score (nSPS) is 18.4. The number of carbonyl (C=O) groups excluding carboxylic acids is 1. The van der Waals surface area contributed by atoms with Crippen LogP contribution in [-0.4, -0.2) is 61.2 Å². The zero-order valence-corrected chi connectivity index (χ0v) is 11.8. The first-order valence-corrected chi connectivity index (χ1v) is 6.60. The van der Waals surface area contributed by atoms with Crippen molar-refractivity contribution in [3.8, 4) is 5.88 Å². The molecule has 1 aromatic heterocycles. The fraction of sp³-hybridized carbons (Fsp3) is 0.615. The molecule has 1 amide bonds. The van der Waals surface area contributed by atoms with Gasteiger partial charge in [0.15, 0.2) is 0 Å². The average Bonchev–Trinajstić information content (AvgIpc) is 2.83. The van der Waals surface area contributed by atoms with E-state index in [0.29, 0.717) is 37.9 Å². The first-order valence-electron chi connectivity index (χ1n) is 6.60. The van der Waals surface area contributed by atoms with E-state index < -0.39 is 0 Å². The van der Waals surface area contributed by atoms with Gasteiger partial charge >= 0.3 is 0 Å². The molecule has 2 heterocycles. The van der Waals surface area contributed by atoms with Gasteiger partial charge in [0.05, 0.1) is 13.7 Å². The second-order valence-electron chi connectivity index (χ2n) is 4.71. The van der Waals surface area contributed by atoms with E-state index in [9.17, 15) is 4.79 Å². The number of hydrogen-bond donors (Lipinski definition) is 1. The zero-order valence-electron chi connectivity index (χ0n) is 11.8. The molecule has 0 radical (unpaired) electrons. The van der Waals surface area contributed by atoms with Gasteiger partial charge in [0.1, 0.15) is 0 Å². The van der Waals surface area contributed by atoms with Gasteiger partial charge in [0, 0.05) is 51.3 Å². The lowest BCUT2D eigenvalue weighted by atomic mass is 10.1. The van der Waals surface area contributed by atoms with Gasteiger partial charge in [0.25, 0.3) is 0 Å². The van der Waals surface area contributed by atoms with E-state index in [2.05, 4.69) is 15.3 Å². The molecule has 110 valence electrons. The Morgan fingerprint density at radius 1 is 1.50 bits per heavy atom. The van der Waals surface area contributed by atoms with Crippen LogP contribution in [0.25, 0.3) is 0 Å². The molecule has 20 heavy (non-hydrogen) atoms. The number of methoxy groups -OCH3 is 2. The topological polar surface area (TPSA) is 76.6 Å². The highest BCUT2D eigenvalue weighted by molar-refractivity contribution is 5.78. The van der Waals surface area contributed by atoms with Crippen molar-refractivity contribution in [2.24, 2.45) is 5.92 Å². The summed E-state index contributed by atoms with van der Waals surface area (Å²) in [5.74, 6) is 1.49. The summed E-state index contributed by atoms with van der Waals surface area (Å²) >= 11 is 0. The molecule has 0 aliphatic carbocycles. The number of rotatable bonds is 7. The second-order valence-corrected chi connectivity index (χ2v) is 4.71. The quantitative estimate of drug-likeness (QED) is 0.778. The Morgan fingerprint density at radius 3 is 3.10 bits per heavy atom. The number of likely N-dealkylation sites (tertiary alicyclic amines) is 1. The monoisotopic (exact) mass is 280 g/mol. The minimum absolute atomic E-state index is 0.181. The Morgan fingerprint density at radius 2 is 2.35 bits per heavy atom. The Bertz CT molecular complexity index is 455. The maximum Gasteiger partial charge on any atom is 0.225 e. The molecule has 0 aromatic carbocycles. The van der Waals surface area contributed by atoms with E-state index >= 15 is 0 Å². The lowest BCUT2D eigenvalue weighted by molar-refractivity contribution is -0.128. The standard InChI is InChI=1S/C13H20N4O3/c1-19-6-5-17-9-10(7-12(17)18)8-15-13-14-4-3-11(16-13)20-2/h3-4,10H,5-9H2,1-2H3,(H,14,15,16)/t10-/m0/s1. The Labute approximate surface area is 118 Å². The predicted octanol–water partition coefficient (Wildman–Crippen LogP) is 0.392. The Balaban J connectivity index is 1.81. The molecule has 0 unspecified atom stereocenters. The van der Waals surface area contributed by atoms with Crippen LogP contribution < -0.4 is 10.1 Å². The van der Waals surface area contributed by atoms with E-state index in [1.807, 2.05) is 4.90 Å². The fourth-order valence-corrected chi connectivity index (χ4v) is 2.18. The van der Waals surface area contributed by atoms with Crippen LogP contribution in [0.15, 0.2) is 12.3 Å². The molecule has 0 spiro atoms. The molecule has 0 saturated carbocycles. The van der Waals surface area contributed by atoms with Crippen molar-refractivity contribution in [3.05, 3.63) is 12.3 Å². The molecule has 2 rings (SSSR count). The van der Waals surface area contributed by atoms with Crippen molar-refractivity contribution < 1.29 is 14.3 Å². The molecule has 1 atom stereocenters. The molecule has 7 nitrogen and oxygen atoms in total. The Hall–Kier alpha value is -1.89. The smallest absolute Gasteiger partial charge is 0.225 e. The van der Waals surface area contributed by atoms with Crippen molar-refractivity contribution in [1.82, 2.24) is 14.9 Å². The van der Waals surface area contributed by atoms with Crippen LogP contribution >= 0.6 is 0 Å². The zero-order chi connectivity index (χ0) is 14.4. The van der Waals surface area contributed by atoms with Gasteiger partial charge in [-0.15, -0.1) is 0 Å². The van der Waals surface area contributed by atoms with Gasteiger partial charge in [-0.05, 0) is 0 Å². The van der Waals surface area contributed by atoms with Crippen molar-refractivity contribution in [1.29, 1.82) is 0 Å². The van der Waals surface area contributed by atoms with Gasteiger partial charge in [0.2, 0.25) is 17.7 Å². The molecule has 1 aliphatic heterocycles. The minimum atomic E-state index is 0.181. The van der Waals surface area contributed by atoms with E-state index in [0.717, 1.165) is 6.54 Å². The van der Waals surface area contributed by atoms with E-state index in [1.54, 1.807) is 26.5 Å². The van der Waals surface area contributed by atoms with Crippen LogP contribution in [0, 0.1) is 5.92 Å². The van der Waals surface area contributed by atoms with Crippen molar-refractivity contribution in [2.75, 3.05) is 45.8 Å². The minimum Gasteiger partial charge on any atom is -0.481 e. The molecule has 7 heteroatoms. The van der Waals surface area contributed by atoms with Crippen LogP contribution in [0.1, 0.15) is 6.42 Å². The maximum atomic E-state index is 11.8. The van der Waals surface area contributed by atoms with Gasteiger partial charge in [-0.2, -0.15) is 4.98 Å². The highest BCUT2D eigenvalue weighted by Gasteiger charge is 2.28. The summed E-state index contributed by atoms with van der Waals surface area (Å²) < 4.78 is 10.0. The van der Waals surface area contributed by atoms with Crippen LogP contribution in [-0.2, 0) is 9.53 Å².